The number of allylic oxidation sites excluding steroid dienone is 1. The summed E-state index contributed by atoms with van der Waals surface area (Å²) in [6, 6.07) is 0.646. The molecular formula is C9H14N2O. The van der Waals surface area contributed by atoms with Crippen LogP contribution < -0.4 is 0 Å². The van der Waals surface area contributed by atoms with Gasteiger partial charge in [0.15, 0.2) is 0 Å². The summed E-state index contributed by atoms with van der Waals surface area (Å²) in [4.78, 5) is 6.50. The topological polar surface area (TPSA) is 24.8 Å². The normalized spacial score (nSPS) is 24.8. The maximum Gasteiger partial charge on any atom is 0.110 e. The minimum Gasteiger partial charge on any atom is -0.381 e. The van der Waals surface area contributed by atoms with E-state index in [1.807, 2.05) is 12.3 Å². The van der Waals surface area contributed by atoms with Crippen molar-refractivity contribution in [3.63, 3.8) is 0 Å². The van der Waals surface area contributed by atoms with Crippen molar-refractivity contribution in [1.82, 2.24) is 4.90 Å². The lowest BCUT2D eigenvalue weighted by molar-refractivity contribution is 0.0500. The molecule has 0 radical (unpaired) electrons. The fourth-order valence-corrected chi connectivity index (χ4v) is 1.65. The Labute approximate surface area is 72.7 Å². The van der Waals surface area contributed by atoms with E-state index in [0.717, 1.165) is 32.7 Å². The molecule has 1 saturated heterocycles. The molecule has 2 aliphatic rings. The molecule has 0 atom stereocenters. The van der Waals surface area contributed by atoms with E-state index in [0.29, 0.717) is 6.04 Å². The van der Waals surface area contributed by atoms with Gasteiger partial charge in [-0.05, 0) is 18.9 Å². The summed E-state index contributed by atoms with van der Waals surface area (Å²) in [7, 11) is 0. The second-order valence-corrected chi connectivity index (χ2v) is 3.17. The van der Waals surface area contributed by atoms with Crippen LogP contribution in [0.15, 0.2) is 17.3 Å². The van der Waals surface area contributed by atoms with Gasteiger partial charge in [-0.3, -0.25) is 4.99 Å². The Hall–Kier alpha value is -0.830. The molecule has 0 bridgehead atoms. The highest BCUT2D eigenvalue weighted by Crippen LogP contribution is 2.15. The Kier molecular flexibility index (Phi) is 2.42. The van der Waals surface area contributed by atoms with E-state index in [1.54, 1.807) is 0 Å². The zero-order valence-electron chi connectivity index (χ0n) is 7.15. The SMILES string of the molecule is C1=CN(C2CCOCC2)CN=C1. The molecule has 0 N–H and O–H groups in total. The lowest BCUT2D eigenvalue weighted by atomic mass is 10.1. The number of hydrogen-bond acceptors (Lipinski definition) is 3. The maximum absolute atomic E-state index is 5.30. The Bertz CT molecular complexity index is 195. The van der Waals surface area contributed by atoms with E-state index in [1.165, 1.54) is 0 Å². The van der Waals surface area contributed by atoms with Crippen molar-refractivity contribution in [2.75, 3.05) is 19.9 Å². The number of aliphatic imine (C=N–C) groups is 1. The van der Waals surface area contributed by atoms with Crippen molar-refractivity contribution in [3.8, 4) is 0 Å². The fraction of sp³-hybridized carbons (Fsp3) is 0.667. The van der Waals surface area contributed by atoms with Crippen LogP contribution in [0, 0.1) is 0 Å². The summed E-state index contributed by atoms with van der Waals surface area (Å²) in [6.07, 6.45) is 8.26. The first kappa shape index (κ1) is 7.80. The van der Waals surface area contributed by atoms with Crippen LogP contribution in [0.25, 0.3) is 0 Å². The molecule has 0 unspecified atom stereocenters. The van der Waals surface area contributed by atoms with Gasteiger partial charge in [0.2, 0.25) is 0 Å². The molecule has 0 aromatic heterocycles. The first-order valence-corrected chi connectivity index (χ1v) is 4.47. The fourth-order valence-electron chi connectivity index (χ4n) is 1.65. The Balaban J connectivity index is 1.90. The summed E-state index contributed by atoms with van der Waals surface area (Å²) in [5.74, 6) is 0. The van der Waals surface area contributed by atoms with Gasteiger partial charge in [0.25, 0.3) is 0 Å². The zero-order valence-corrected chi connectivity index (χ0v) is 7.15. The molecule has 2 heterocycles. The van der Waals surface area contributed by atoms with Gasteiger partial charge in [0.1, 0.15) is 6.67 Å². The monoisotopic (exact) mass is 166 g/mol. The van der Waals surface area contributed by atoms with E-state index in [2.05, 4.69) is 16.1 Å². The third kappa shape index (κ3) is 1.67. The van der Waals surface area contributed by atoms with Crippen LogP contribution in [0.4, 0.5) is 0 Å². The van der Waals surface area contributed by atoms with Crippen LogP contribution in [0.2, 0.25) is 0 Å². The van der Waals surface area contributed by atoms with Crippen LogP contribution in [0.1, 0.15) is 12.8 Å². The molecule has 1 fully saturated rings. The number of nitrogens with zero attached hydrogens (tertiary/aromatic N) is 2. The van der Waals surface area contributed by atoms with Crippen LogP contribution >= 0.6 is 0 Å². The summed E-state index contributed by atoms with van der Waals surface area (Å²) >= 11 is 0. The highest BCUT2D eigenvalue weighted by Gasteiger charge is 2.18. The highest BCUT2D eigenvalue weighted by atomic mass is 16.5. The molecule has 0 spiro atoms. The predicted molar refractivity (Wildman–Crippen MR) is 48.2 cm³/mol. The van der Waals surface area contributed by atoms with Gasteiger partial charge < -0.3 is 9.64 Å². The van der Waals surface area contributed by atoms with Crippen molar-refractivity contribution < 1.29 is 4.74 Å². The predicted octanol–water partition coefficient (Wildman–Crippen LogP) is 1.02. The molecule has 2 rings (SSSR count). The third-order valence-electron chi connectivity index (χ3n) is 2.37. The molecule has 0 saturated carbocycles. The van der Waals surface area contributed by atoms with Crippen molar-refractivity contribution in [2.45, 2.75) is 18.9 Å². The molecule has 0 aromatic carbocycles. The Morgan fingerprint density at radius 3 is 2.83 bits per heavy atom. The van der Waals surface area contributed by atoms with Gasteiger partial charge in [-0.1, -0.05) is 0 Å². The number of rotatable bonds is 1. The molecule has 0 aromatic rings. The van der Waals surface area contributed by atoms with Gasteiger partial charge in [0, 0.05) is 31.7 Å². The lowest BCUT2D eigenvalue weighted by Gasteiger charge is -2.32. The third-order valence-corrected chi connectivity index (χ3v) is 2.37. The van der Waals surface area contributed by atoms with Gasteiger partial charge in [-0.25, -0.2) is 0 Å². The molecule has 0 amide bonds. The molecule has 2 aliphatic heterocycles. The van der Waals surface area contributed by atoms with E-state index in [4.69, 9.17) is 4.74 Å². The van der Waals surface area contributed by atoms with Gasteiger partial charge in [-0.2, -0.15) is 0 Å². The molecule has 66 valence electrons. The second kappa shape index (κ2) is 3.72. The van der Waals surface area contributed by atoms with Crippen molar-refractivity contribution in [3.05, 3.63) is 12.3 Å². The van der Waals surface area contributed by atoms with Crippen molar-refractivity contribution >= 4 is 6.21 Å². The quantitative estimate of drug-likeness (QED) is 0.581. The average molecular weight is 166 g/mol. The van der Waals surface area contributed by atoms with Crippen LogP contribution in [0.5, 0.6) is 0 Å². The molecule has 3 nitrogen and oxygen atoms in total. The largest absolute Gasteiger partial charge is 0.381 e. The van der Waals surface area contributed by atoms with Crippen LogP contribution in [-0.2, 0) is 4.74 Å². The summed E-state index contributed by atoms with van der Waals surface area (Å²) in [5.41, 5.74) is 0. The van der Waals surface area contributed by atoms with E-state index in [-0.39, 0.29) is 0 Å². The number of hydrogen-bond donors (Lipinski definition) is 0. The zero-order chi connectivity index (χ0) is 8.23. The average Bonchev–Trinajstić information content (AvgIpc) is 2.21. The summed E-state index contributed by atoms with van der Waals surface area (Å²) < 4.78 is 5.30. The first-order valence-electron chi connectivity index (χ1n) is 4.47. The van der Waals surface area contributed by atoms with Gasteiger partial charge in [0.05, 0.1) is 0 Å². The minimum atomic E-state index is 0.646. The van der Waals surface area contributed by atoms with Crippen LogP contribution in [0.3, 0.4) is 0 Å². The number of ether oxygens (including phenoxy) is 1. The van der Waals surface area contributed by atoms with Gasteiger partial charge >= 0.3 is 0 Å². The smallest absolute Gasteiger partial charge is 0.110 e. The summed E-state index contributed by atoms with van der Waals surface area (Å²) in [5, 5.41) is 0. The van der Waals surface area contributed by atoms with E-state index < -0.39 is 0 Å². The summed E-state index contributed by atoms with van der Waals surface area (Å²) in [6.45, 7) is 2.62. The van der Waals surface area contributed by atoms with Crippen molar-refractivity contribution in [1.29, 1.82) is 0 Å². The van der Waals surface area contributed by atoms with Crippen LogP contribution in [-0.4, -0.2) is 37.0 Å². The maximum atomic E-state index is 5.30. The minimum absolute atomic E-state index is 0.646. The Morgan fingerprint density at radius 2 is 2.17 bits per heavy atom. The molecule has 12 heavy (non-hydrogen) atoms. The van der Waals surface area contributed by atoms with E-state index >= 15 is 0 Å². The molecular weight excluding hydrogens is 152 g/mol. The lowest BCUT2D eigenvalue weighted by Crippen LogP contribution is -2.36. The van der Waals surface area contributed by atoms with Crippen molar-refractivity contribution in [2.24, 2.45) is 4.99 Å². The highest BCUT2D eigenvalue weighted by molar-refractivity contribution is 5.71. The molecule has 3 heteroatoms. The van der Waals surface area contributed by atoms with E-state index in [9.17, 15) is 0 Å². The second-order valence-electron chi connectivity index (χ2n) is 3.17. The standard InChI is InChI=1S/C9H14N2O/c1-4-10-8-11(5-1)9-2-6-12-7-3-9/h1,4-5,9H,2-3,6-8H2. The molecule has 0 aliphatic carbocycles. The first-order chi connectivity index (χ1) is 5.97. The van der Waals surface area contributed by atoms with Gasteiger partial charge in [-0.15, -0.1) is 0 Å². The Morgan fingerprint density at radius 1 is 1.33 bits per heavy atom.